The van der Waals surface area contributed by atoms with E-state index in [9.17, 15) is 0 Å². The third-order valence-corrected chi connectivity index (χ3v) is 3.88. The zero-order valence-corrected chi connectivity index (χ0v) is 12.2. The molecule has 0 radical (unpaired) electrons. The van der Waals surface area contributed by atoms with Crippen molar-refractivity contribution in [3.05, 3.63) is 5.82 Å². The Labute approximate surface area is 114 Å². The number of nitrogens with zero attached hydrogens (tertiary/aromatic N) is 4. The Morgan fingerprint density at radius 2 is 2.16 bits per heavy atom. The van der Waals surface area contributed by atoms with E-state index in [4.69, 9.17) is 4.74 Å². The quantitative estimate of drug-likeness (QED) is 0.847. The van der Waals surface area contributed by atoms with Crippen LogP contribution in [0.1, 0.15) is 51.9 Å². The molecule has 1 aromatic heterocycles. The predicted octanol–water partition coefficient (Wildman–Crippen LogP) is 1.55. The Bertz CT molecular complexity index is 386. The summed E-state index contributed by atoms with van der Waals surface area (Å²) in [5.74, 6) is 0.932. The molecular weight excluding hydrogens is 242 g/mol. The van der Waals surface area contributed by atoms with Crippen LogP contribution in [0.3, 0.4) is 0 Å². The summed E-state index contributed by atoms with van der Waals surface area (Å²) in [7, 11) is 0. The molecule has 0 bridgehead atoms. The summed E-state index contributed by atoms with van der Waals surface area (Å²) in [6, 6.07) is 0.193. The fraction of sp³-hybridized carbons (Fsp3) is 0.923. The minimum Gasteiger partial charge on any atom is -0.381 e. The fourth-order valence-electron chi connectivity index (χ4n) is 2.47. The number of ether oxygens (including phenoxy) is 1. The molecule has 108 valence electrons. The van der Waals surface area contributed by atoms with Crippen LogP contribution in [-0.2, 0) is 11.3 Å². The maximum atomic E-state index is 5.44. The van der Waals surface area contributed by atoms with Gasteiger partial charge in [-0.15, -0.1) is 5.10 Å². The zero-order valence-electron chi connectivity index (χ0n) is 12.2. The molecule has 0 aliphatic carbocycles. The van der Waals surface area contributed by atoms with Gasteiger partial charge >= 0.3 is 0 Å². The van der Waals surface area contributed by atoms with Crippen LogP contribution in [0.5, 0.6) is 0 Å². The fourth-order valence-corrected chi connectivity index (χ4v) is 2.47. The lowest BCUT2D eigenvalue weighted by Gasteiger charge is -2.33. The monoisotopic (exact) mass is 267 g/mol. The summed E-state index contributed by atoms with van der Waals surface area (Å²) in [5, 5.41) is 15.6. The molecule has 1 unspecified atom stereocenters. The number of tetrazole rings is 1. The highest BCUT2D eigenvalue weighted by Gasteiger charge is 2.30. The van der Waals surface area contributed by atoms with Crippen LogP contribution in [0.4, 0.5) is 0 Å². The summed E-state index contributed by atoms with van der Waals surface area (Å²) in [4.78, 5) is 0. The van der Waals surface area contributed by atoms with Gasteiger partial charge in [0.05, 0.1) is 12.6 Å². The molecule has 6 nitrogen and oxygen atoms in total. The topological polar surface area (TPSA) is 64.9 Å². The van der Waals surface area contributed by atoms with Gasteiger partial charge in [-0.2, -0.15) is 0 Å². The summed E-state index contributed by atoms with van der Waals surface area (Å²) < 4.78 is 7.40. The van der Waals surface area contributed by atoms with Crippen molar-refractivity contribution in [3.8, 4) is 0 Å². The molecular formula is C13H25N5O. The normalized spacial score (nSPS) is 20.4. The highest BCUT2D eigenvalue weighted by atomic mass is 16.5. The van der Waals surface area contributed by atoms with E-state index in [1.54, 1.807) is 0 Å². The highest BCUT2D eigenvalue weighted by molar-refractivity contribution is 4.91. The van der Waals surface area contributed by atoms with Crippen LogP contribution in [0.25, 0.3) is 0 Å². The summed E-state index contributed by atoms with van der Waals surface area (Å²) in [6.45, 7) is 10.1. The standard InChI is InChI=1S/C13H25N5O/c1-4-7-14-11(2)12-15-16-17-18(12)10-13(3)5-8-19-9-6-13/h11,14H,4-10H2,1-3H3. The first-order valence-electron chi connectivity index (χ1n) is 7.22. The second kappa shape index (κ2) is 6.43. The van der Waals surface area contributed by atoms with Gasteiger partial charge in [-0.25, -0.2) is 4.68 Å². The lowest BCUT2D eigenvalue weighted by molar-refractivity contribution is 0.0130. The Morgan fingerprint density at radius 3 is 2.84 bits per heavy atom. The van der Waals surface area contributed by atoms with E-state index in [-0.39, 0.29) is 11.5 Å². The van der Waals surface area contributed by atoms with Gasteiger partial charge in [0.25, 0.3) is 0 Å². The first-order chi connectivity index (χ1) is 9.14. The van der Waals surface area contributed by atoms with E-state index in [0.29, 0.717) is 0 Å². The lowest BCUT2D eigenvalue weighted by Crippen LogP contribution is -2.33. The number of aromatic nitrogens is 4. The molecule has 1 saturated heterocycles. The van der Waals surface area contributed by atoms with E-state index in [2.05, 4.69) is 41.6 Å². The highest BCUT2D eigenvalue weighted by Crippen LogP contribution is 2.31. The van der Waals surface area contributed by atoms with Gasteiger partial charge in [-0.05, 0) is 48.6 Å². The molecule has 6 heteroatoms. The largest absolute Gasteiger partial charge is 0.381 e. The van der Waals surface area contributed by atoms with Crippen molar-refractivity contribution >= 4 is 0 Å². The minimum atomic E-state index is 0.193. The van der Waals surface area contributed by atoms with E-state index in [1.807, 2.05) is 4.68 Å². The Balaban J connectivity index is 2.02. The van der Waals surface area contributed by atoms with Crippen LogP contribution < -0.4 is 5.32 Å². The van der Waals surface area contributed by atoms with Gasteiger partial charge in [0.15, 0.2) is 5.82 Å². The number of nitrogens with one attached hydrogen (secondary N) is 1. The Kier molecular flexibility index (Phi) is 4.87. The van der Waals surface area contributed by atoms with E-state index >= 15 is 0 Å². The molecule has 2 rings (SSSR count). The minimum absolute atomic E-state index is 0.193. The van der Waals surface area contributed by atoms with Gasteiger partial charge in [0.1, 0.15) is 0 Å². The van der Waals surface area contributed by atoms with Crippen molar-refractivity contribution in [1.82, 2.24) is 25.5 Å². The van der Waals surface area contributed by atoms with Gasteiger partial charge in [0.2, 0.25) is 0 Å². The zero-order chi connectivity index (χ0) is 13.7. The third-order valence-electron chi connectivity index (χ3n) is 3.88. The van der Waals surface area contributed by atoms with Gasteiger partial charge in [-0.1, -0.05) is 13.8 Å². The van der Waals surface area contributed by atoms with Crippen molar-refractivity contribution in [3.63, 3.8) is 0 Å². The van der Waals surface area contributed by atoms with Crippen LogP contribution in [0.15, 0.2) is 0 Å². The Morgan fingerprint density at radius 1 is 1.42 bits per heavy atom. The van der Waals surface area contributed by atoms with Crippen LogP contribution in [-0.4, -0.2) is 40.0 Å². The first-order valence-corrected chi connectivity index (χ1v) is 7.22. The van der Waals surface area contributed by atoms with Gasteiger partial charge < -0.3 is 10.1 Å². The molecule has 2 heterocycles. The molecule has 1 aromatic rings. The molecule has 1 aliphatic rings. The first kappa shape index (κ1) is 14.4. The van der Waals surface area contributed by atoms with Crippen molar-refractivity contribution in [2.45, 2.75) is 52.6 Å². The number of rotatable bonds is 6. The molecule has 0 saturated carbocycles. The summed E-state index contributed by atoms with van der Waals surface area (Å²) >= 11 is 0. The van der Waals surface area contributed by atoms with E-state index < -0.39 is 0 Å². The summed E-state index contributed by atoms with van der Waals surface area (Å²) in [6.07, 6.45) is 3.26. The van der Waals surface area contributed by atoms with Crippen molar-refractivity contribution in [2.24, 2.45) is 5.41 Å². The molecule has 0 amide bonds. The van der Waals surface area contributed by atoms with E-state index in [0.717, 1.165) is 51.4 Å². The molecule has 1 fully saturated rings. The molecule has 0 aromatic carbocycles. The van der Waals surface area contributed by atoms with Crippen molar-refractivity contribution in [2.75, 3.05) is 19.8 Å². The number of hydrogen-bond donors (Lipinski definition) is 1. The summed E-state index contributed by atoms with van der Waals surface area (Å²) in [5.41, 5.74) is 0.243. The molecule has 19 heavy (non-hydrogen) atoms. The second-order valence-electron chi connectivity index (χ2n) is 5.79. The van der Waals surface area contributed by atoms with Crippen LogP contribution in [0, 0.1) is 5.41 Å². The lowest BCUT2D eigenvalue weighted by atomic mass is 9.82. The van der Waals surface area contributed by atoms with Crippen molar-refractivity contribution in [1.29, 1.82) is 0 Å². The second-order valence-corrected chi connectivity index (χ2v) is 5.79. The van der Waals surface area contributed by atoms with E-state index in [1.165, 1.54) is 0 Å². The SMILES string of the molecule is CCCNC(C)c1nnnn1CC1(C)CCOCC1. The van der Waals surface area contributed by atoms with Crippen molar-refractivity contribution < 1.29 is 4.74 Å². The average molecular weight is 267 g/mol. The molecule has 0 spiro atoms. The maximum Gasteiger partial charge on any atom is 0.167 e. The molecule has 1 aliphatic heterocycles. The van der Waals surface area contributed by atoms with Crippen LogP contribution in [0.2, 0.25) is 0 Å². The molecule has 1 atom stereocenters. The third kappa shape index (κ3) is 3.73. The Hall–Kier alpha value is -1.01. The van der Waals surface area contributed by atoms with Gasteiger partial charge in [-0.3, -0.25) is 0 Å². The van der Waals surface area contributed by atoms with Crippen LogP contribution >= 0.6 is 0 Å². The van der Waals surface area contributed by atoms with Gasteiger partial charge in [0, 0.05) is 13.2 Å². The smallest absolute Gasteiger partial charge is 0.167 e. The number of hydrogen-bond acceptors (Lipinski definition) is 5. The molecule has 1 N–H and O–H groups in total. The predicted molar refractivity (Wildman–Crippen MR) is 72.7 cm³/mol. The average Bonchev–Trinajstić information content (AvgIpc) is 2.84. The maximum absolute atomic E-state index is 5.44.